The molecule has 0 aliphatic carbocycles. The van der Waals surface area contributed by atoms with Crippen LogP contribution in [0.4, 0.5) is 0 Å². The van der Waals surface area contributed by atoms with Gasteiger partial charge in [0.15, 0.2) is 0 Å². The van der Waals surface area contributed by atoms with Crippen LogP contribution in [0.25, 0.3) is 0 Å². The third-order valence-corrected chi connectivity index (χ3v) is 11.0. The molecule has 8 atom stereocenters. The van der Waals surface area contributed by atoms with Gasteiger partial charge in [-0.1, -0.05) is 64.4 Å². The molecule has 2 aromatic heterocycles. The Morgan fingerprint density at radius 3 is 2.03 bits per heavy atom. The van der Waals surface area contributed by atoms with Gasteiger partial charge < -0.3 is 47.0 Å². The number of hydrogen-bond acceptors (Lipinski definition) is 11. The van der Waals surface area contributed by atoms with Gasteiger partial charge in [-0.15, -0.1) is 0 Å². The van der Waals surface area contributed by atoms with Gasteiger partial charge in [0.2, 0.25) is 35.4 Å². The Bertz CT molecular complexity index is 1930. The van der Waals surface area contributed by atoms with Crippen LogP contribution in [0.15, 0.2) is 55.4 Å². The van der Waals surface area contributed by atoms with E-state index in [2.05, 4.69) is 46.5 Å². The number of aromatic amines is 2. The lowest BCUT2D eigenvalue weighted by atomic mass is 9.95. The van der Waals surface area contributed by atoms with Crippen LogP contribution in [-0.4, -0.2) is 127 Å². The van der Waals surface area contributed by atoms with Crippen molar-refractivity contribution in [2.75, 3.05) is 13.1 Å². The fourth-order valence-electron chi connectivity index (χ4n) is 7.58. The van der Waals surface area contributed by atoms with E-state index in [4.69, 9.17) is 5.73 Å². The number of amides is 6. The highest BCUT2D eigenvalue weighted by Gasteiger charge is 2.39. The highest BCUT2D eigenvalue weighted by molar-refractivity contribution is 5.96. The second-order valence-electron chi connectivity index (χ2n) is 16.5. The van der Waals surface area contributed by atoms with Crippen LogP contribution in [-0.2, 0) is 52.8 Å². The molecular weight excluding hydrogens is 799 g/mol. The quantitative estimate of drug-likeness (QED) is 0.0545. The highest BCUT2D eigenvalue weighted by atomic mass is 16.3. The van der Waals surface area contributed by atoms with Crippen LogP contribution in [0.2, 0.25) is 0 Å². The summed E-state index contributed by atoms with van der Waals surface area (Å²) in [5.74, 6) is -3.87. The molecule has 1 aromatic carbocycles. The van der Waals surface area contributed by atoms with Gasteiger partial charge in [0.05, 0.1) is 37.4 Å². The molecule has 0 saturated carbocycles. The molecule has 1 saturated heterocycles. The van der Waals surface area contributed by atoms with E-state index in [1.807, 2.05) is 33.8 Å². The first kappa shape index (κ1) is 48.7. The van der Waals surface area contributed by atoms with Crippen LogP contribution < -0.4 is 32.3 Å². The molecule has 3 heterocycles. The topological polar surface area (TPSA) is 286 Å². The summed E-state index contributed by atoms with van der Waals surface area (Å²) in [6.45, 7) is 8.90. The first-order chi connectivity index (χ1) is 29.6. The number of benzene rings is 1. The summed E-state index contributed by atoms with van der Waals surface area (Å²) in [6.07, 6.45) is 6.25. The number of ketones is 1. The van der Waals surface area contributed by atoms with Crippen LogP contribution >= 0.6 is 0 Å². The second-order valence-corrected chi connectivity index (χ2v) is 16.5. The van der Waals surface area contributed by atoms with E-state index in [9.17, 15) is 38.7 Å². The molecule has 19 nitrogen and oxygen atoms in total. The van der Waals surface area contributed by atoms with Gasteiger partial charge in [0.1, 0.15) is 30.0 Å². The molecule has 4 rings (SSSR count). The summed E-state index contributed by atoms with van der Waals surface area (Å²) in [5.41, 5.74) is 7.40. The van der Waals surface area contributed by atoms with Crippen molar-refractivity contribution in [3.63, 3.8) is 0 Å². The average molecular weight is 862 g/mol. The molecule has 0 spiro atoms. The Labute approximate surface area is 361 Å². The Hall–Kier alpha value is -5.95. The highest BCUT2D eigenvalue weighted by Crippen LogP contribution is 2.21. The molecule has 1 aliphatic rings. The minimum Gasteiger partial charge on any atom is -0.391 e. The van der Waals surface area contributed by atoms with Crippen LogP contribution in [0, 0.1) is 11.8 Å². The molecule has 0 bridgehead atoms. The zero-order chi connectivity index (χ0) is 45.3. The van der Waals surface area contributed by atoms with E-state index in [1.165, 1.54) is 30.7 Å². The summed E-state index contributed by atoms with van der Waals surface area (Å²) in [4.78, 5) is 109. The van der Waals surface area contributed by atoms with Gasteiger partial charge in [-0.2, -0.15) is 0 Å². The lowest BCUT2D eigenvalue weighted by molar-refractivity contribution is -0.142. The van der Waals surface area contributed by atoms with E-state index in [0.29, 0.717) is 37.1 Å². The smallest absolute Gasteiger partial charge is 0.246 e. The summed E-state index contributed by atoms with van der Waals surface area (Å²) in [6, 6.07) is 3.05. The Morgan fingerprint density at radius 1 is 0.855 bits per heavy atom. The number of carbonyl (C=O) groups is 7. The molecular formula is C43H63N11O8. The van der Waals surface area contributed by atoms with Gasteiger partial charge in [-0.05, 0) is 36.7 Å². The number of aromatic nitrogens is 4. The molecule has 1 aliphatic heterocycles. The molecule has 62 heavy (non-hydrogen) atoms. The maximum Gasteiger partial charge on any atom is 0.246 e. The molecule has 10 N–H and O–H groups in total. The van der Waals surface area contributed by atoms with Crippen molar-refractivity contribution in [1.29, 1.82) is 0 Å². The first-order valence-corrected chi connectivity index (χ1v) is 21.3. The number of rotatable bonds is 25. The van der Waals surface area contributed by atoms with E-state index >= 15 is 0 Å². The maximum atomic E-state index is 14.3. The number of nitrogens with two attached hydrogens (primary N) is 1. The van der Waals surface area contributed by atoms with Crippen LogP contribution in [0.5, 0.6) is 0 Å². The zero-order valence-corrected chi connectivity index (χ0v) is 36.2. The third kappa shape index (κ3) is 14.9. The lowest BCUT2D eigenvalue weighted by Gasteiger charge is -2.30. The van der Waals surface area contributed by atoms with Crippen molar-refractivity contribution >= 4 is 41.2 Å². The standard InChI is InChI=1S/C43H63N11O8/c1-6-26(4)38(39(44)58)47-22-31(56)19-37(57)32(15-25(2)3)51-41(60)34(17-29-20-45-23-48-29)52-40(59)33(16-28-11-8-7-9-12-28)53-42(61)36-13-10-14-54(36)43(62)35(50-27(5)55)18-30-21-46-24-49-30/h7-9,11-12,20-21,23-26,32-38,47,57H,6,10,13-19,22H2,1-5H3,(H2,44,58)(H,45,48)(H,46,49)(H,50,55)(H,51,60)(H,52,59)(H,53,61)/t26-,32?,33-,34-,35-,36-,37?,38-/m0/s1. The van der Waals surface area contributed by atoms with Crippen molar-refractivity contribution in [3.8, 4) is 0 Å². The number of aliphatic hydroxyl groups excluding tert-OH is 1. The average Bonchev–Trinajstić information content (AvgIpc) is 4.04. The van der Waals surface area contributed by atoms with Gasteiger partial charge in [0.25, 0.3) is 0 Å². The van der Waals surface area contributed by atoms with E-state index in [1.54, 1.807) is 30.5 Å². The molecule has 3 aromatic rings. The fourth-order valence-corrected chi connectivity index (χ4v) is 7.58. The predicted molar refractivity (Wildman–Crippen MR) is 228 cm³/mol. The first-order valence-electron chi connectivity index (χ1n) is 21.3. The van der Waals surface area contributed by atoms with Crippen molar-refractivity contribution in [3.05, 3.63) is 72.3 Å². The Morgan fingerprint density at radius 2 is 1.47 bits per heavy atom. The normalized spacial score (nSPS) is 17.2. The number of primary amides is 1. The maximum absolute atomic E-state index is 14.3. The molecule has 1 fully saturated rings. The molecule has 19 heteroatoms. The van der Waals surface area contributed by atoms with Crippen molar-refractivity contribution in [2.24, 2.45) is 17.6 Å². The summed E-state index contributed by atoms with van der Waals surface area (Å²) < 4.78 is 0. The fraction of sp³-hybridized carbons (Fsp3) is 0.558. The Kier molecular flexibility index (Phi) is 18.8. The van der Waals surface area contributed by atoms with E-state index in [-0.39, 0.29) is 56.4 Å². The number of Topliss-reactive ketones (excluding diaryl/α,β-unsaturated/α-hetero) is 1. The molecule has 2 unspecified atom stereocenters. The number of likely N-dealkylation sites (tertiary alicyclic amines) is 1. The van der Waals surface area contributed by atoms with Crippen molar-refractivity contribution in [2.45, 2.75) is 128 Å². The SMILES string of the molecule is CC[C@H](C)[C@H](NCC(=O)CC(O)C(CC(C)C)NC(=O)[C@H](Cc1cnc[nH]1)NC(=O)[C@H](Cc1ccccc1)NC(=O)[C@@H]1CCCN1C(=O)[C@H](Cc1cnc[nH]1)NC(C)=O)C(N)=O. The van der Waals surface area contributed by atoms with Crippen LogP contribution in [0.1, 0.15) is 83.7 Å². The van der Waals surface area contributed by atoms with Gasteiger partial charge in [-0.3, -0.25) is 38.9 Å². The molecule has 6 amide bonds. The minimum atomic E-state index is -1.30. The summed E-state index contributed by atoms with van der Waals surface area (Å²) in [7, 11) is 0. The number of hydrogen-bond donors (Lipinski definition) is 9. The Balaban J connectivity index is 1.53. The molecule has 338 valence electrons. The van der Waals surface area contributed by atoms with E-state index in [0.717, 1.165) is 5.56 Å². The van der Waals surface area contributed by atoms with Crippen molar-refractivity contribution < 1.29 is 38.7 Å². The monoisotopic (exact) mass is 861 g/mol. The number of nitrogens with zero attached hydrogens (tertiary/aromatic N) is 3. The summed E-state index contributed by atoms with van der Waals surface area (Å²) in [5, 5.41) is 25.4. The predicted octanol–water partition coefficient (Wildman–Crippen LogP) is -0.0334. The minimum absolute atomic E-state index is 0.0139. The van der Waals surface area contributed by atoms with E-state index < -0.39 is 77.8 Å². The van der Waals surface area contributed by atoms with Crippen molar-refractivity contribution in [1.82, 2.24) is 51.4 Å². The third-order valence-electron chi connectivity index (χ3n) is 11.0. The second kappa shape index (κ2) is 23.9. The molecule has 0 radical (unpaired) electrons. The van der Waals surface area contributed by atoms with Gasteiger partial charge in [-0.25, -0.2) is 9.97 Å². The van der Waals surface area contributed by atoms with Crippen LogP contribution in [0.3, 0.4) is 0 Å². The number of carbonyl (C=O) groups excluding carboxylic acids is 7. The van der Waals surface area contributed by atoms with Gasteiger partial charge in [0, 0.05) is 62.9 Å². The number of aliphatic hydroxyl groups is 1. The lowest BCUT2D eigenvalue weighted by Crippen LogP contribution is -2.59. The van der Waals surface area contributed by atoms with Gasteiger partial charge >= 0.3 is 0 Å². The largest absolute Gasteiger partial charge is 0.391 e. The number of nitrogens with one attached hydrogen (secondary N) is 7. The number of H-pyrrole nitrogens is 2. The zero-order valence-electron chi connectivity index (χ0n) is 36.2. The summed E-state index contributed by atoms with van der Waals surface area (Å²) >= 11 is 0. The number of imidazole rings is 2.